The molecule has 1 heteroatoms. The second kappa shape index (κ2) is 6.12. The Bertz CT molecular complexity index is 448. The molecule has 1 saturated carbocycles. The molecular weight excluding hydrogens is 254 g/mol. The maximum atomic E-state index is 3.73. The SMILES string of the molecule is CC(C)c1ccc(CC(C)(CNC(C)(C)C)C2CC2)cc1. The molecule has 1 fully saturated rings. The van der Waals surface area contributed by atoms with Crippen molar-refractivity contribution < 1.29 is 0 Å². The van der Waals surface area contributed by atoms with E-state index in [9.17, 15) is 0 Å². The molecule has 1 aliphatic rings. The fraction of sp³-hybridized carbons (Fsp3) is 0.700. The van der Waals surface area contributed by atoms with Crippen LogP contribution >= 0.6 is 0 Å². The Morgan fingerprint density at radius 1 is 1.05 bits per heavy atom. The molecule has 0 radical (unpaired) electrons. The quantitative estimate of drug-likeness (QED) is 0.762. The summed E-state index contributed by atoms with van der Waals surface area (Å²) in [4.78, 5) is 0. The van der Waals surface area contributed by atoms with Crippen LogP contribution in [0.25, 0.3) is 0 Å². The monoisotopic (exact) mass is 287 g/mol. The van der Waals surface area contributed by atoms with Gasteiger partial charge in [-0.3, -0.25) is 0 Å². The zero-order valence-corrected chi connectivity index (χ0v) is 14.8. The lowest BCUT2D eigenvalue weighted by Gasteiger charge is -2.34. The molecule has 1 nitrogen and oxygen atoms in total. The molecule has 0 spiro atoms. The fourth-order valence-electron chi connectivity index (χ4n) is 3.09. The van der Waals surface area contributed by atoms with Crippen LogP contribution in [0.2, 0.25) is 0 Å². The summed E-state index contributed by atoms with van der Waals surface area (Å²) in [5, 5.41) is 3.73. The molecule has 2 rings (SSSR count). The summed E-state index contributed by atoms with van der Waals surface area (Å²) in [6, 6.07) is 9.30. The van der Waals surface area contributed by atoms with Gasteiger partial charge in [0.2, 0.25) is 0 Å². The lowest BCUT2D eigenvalue weighted by atomic mass is 9.78. The summed E-state index contributed by atoms with van der Waals surface area (Å²) in [6.07, 6.45) is 4.01. The molecule has 21 heavy (non-hydrogen) atoms. The van der Waals surface area contributed by atoms with Gasteiger partial charge in [-0.05, 0) is 68.4 Å². The molecule has 1 aromatic carbocycles. The first-order valence-corrected chi connectivity index (χ1v) is 8.53. The van der Waals surface area contributed by atoms with E-state index >= 15 is 0 Å². The molecule has 1 unspecified atom stereocenters. The van der Waals surface area contributed by atoms with Crippen LogP contribution in [-0.2, 0) is 6.42 Å². The van der Waals surface area contributed by atoms with E-state index in [4.69, 9.17) is 0 Å². The van der Waals surface area contributed by atoms with Gasteiger partial charge in [-0.2, -0.15) is 0 Å². The Hall–Kier alpha value is -0.820. The van der Waals surface area contributed by atoms with Crippen LogP contribution in [-0.4, -0.2) is 12.1 Å². The van der Waals surface area contributed by atoms with Crippen molar-refractivity contribution in [1.82, 2.24) is 5.32 Å². The third kappa shape index (κ3) is 4.85. The van der Waals surface area contributed by atoms with Crippen LogP contribution in [0.4, 0.5) is 0 Å². The van der Waals surface area contributed by atoms with Crippen molar-refractivity contribution in [3.8, 4) is 0 Å². The second-order valence-corrected chi connectivity index (χ2v) is 8.60. The van der Waals surface area contributed by atoms with E-state index in [0.29, 0.717) is 11.3 Å². The maximum absolute atomic E-state index is 3.73. The third-order valence-corrected chi connectivity index (χ3v) is 4.84. The van der Waals surface area contributed by atoms with E-state index in [1.54, 1.807) is 0 Å². The van der Waals surface area contributed by atoms with Gasteiger partial charge in [-0.15, -0.1) is 0 Å². The minimum absolute atomic E-state index is 0.206. The van der Waals surface area contributed by atoms with Gasteiger partial charge in [0, 0.05) is 12.1 Å². The summed E-state index contributed by atoms with van der Waals surface area (Å²) in [5.41, 5.74) is 3.54. The first kappa shape index (κ1) is 16.5. The summed E-state index contributed by atoms with van der Waals surface area (Å²) in [6.45, 7) is 14.9. The predicted octanol–water partition coefficient (Wildman–Crippen LogP) is 5.16. The number of benzene rings is 1. The van der Waals surface area contributed by atoms with E-state index in [1.807, 2.05) is 0 Å². The minimum Gasteiger partial charge on any atom is -0.312 e. The molecule has 0 saturated heterocycles. The average Bonchev–Trinajstić information content (AvgIpc) is 3.21. The largest absolute Gasteiger partial charge is 0.312 e. The van der Waals surface area contributed by atoms with E-state index in [2.05, 4.69) is 71.1 Å². The first-order valence-electron chi connectivity index (χ1n) is 8.53. The zero-order chi connectivity index (χ0) is 15.7. The van der Waals surface area contributed by atoms with Crippen molar-refractivity contribution in [3.63, 3.8) is 0 Å². The van der Waals surface area contributed by atoms with Gasteiger partial charge in [0.05, 0.1) is 0 Å². The van der Waals surface area contributed by atoms with Crippen LogP contribution in [0.5, 0.6) is 0 Å². The molecule has 1 atom stereocenters. The number of hydrogen-bond donors (Lipinski definition) is 1. The molecular formula is C20H33N. The molecule has 1 aliphatic carbocycles. The van der Waals surface area contributed by atoms with Crippen LogP contribution in [0.15, 0.2) is 24.3 Å². The van der Waals surface area contributed by atoms with Gasteiger partial charge in [0.15, 0.2) is 0 Å². The highest BCUT2D eigenvalue weighted by molar-refractivity contribution is 5.26. The molecule has 118 valence electrons. The highest BCUT2D eigenvalue weighted by Gasteiger charge is 2.41. The number of hydrogen-bond acceptors (Lipinski definition) is 1. The summed E-state index contributed by atoms with van der Waals surface area (Å²) >= 11 is 0. The highest BCUT2D eigenvalue weighted by atomic mass is 15.0. The Morgan fingerprint density at radius 3 is 2.05 bits per heavy atom. The van der Waals surface area contributed by atoms with Gasteiger partial charge in [0.1, 0.15) is 0 Å². The summed E-state index contributed by atoms with van der Waals surface area (Å²) in [7, 11) is 0. The Morgan fingerprint density at radius 2 is 1.62 bits per heavy atom. The third-order valence-electron chi connectivity index (χ3n) is 4.84. The van der Waals surface area contributed by atoms with Crippen molar-refractivity contribution in [1.29, 1.82) is 0 Å². The minimum atomic E-state index is 0.206. The van der Waals surface area contributed by atoms with Crippen LogP contribution < -0.4 is 5.32 Å². The molecule has 0 heterocycles. The summed E-state index contributed by atoms with van der Waals surface area (Å²) < 4.78 is 0. The zero-order valence-electron chi connectivity index (χ0n) is 14.8. The van der Waals surface area contributed by atoms with Gasteiger partial charge in [-0.25, -0.2) is 0 Å². The first-order chi connectivity index (χ1) is 9.70. The van der Waals surface area contributed by atoms with E-state index in [-0.39, 0.29) is 5.54 Å². The summed E-state index contributed by atoms with van der Waals surface area (Å²) in [5.74, 6) is 1.52. The van der Waals surface area contributed by atoms with Gasteiger partial charge >= 0.3 is 0 Å². The Balaban J connectivity index is 2.05. The van der Waals surface area contributed by atoms with Crippen LogP contribution in [0.1, 0.15) is 71.4 Å². The Labute approximate surface area is 131 Å². The highest BCUT2D eigenvalue weighted by Crippen LogP contribution is 2.47. The number of rotatable bonds is 6. The Kier molecular flexibility index (Phi) is 4.82. The second-order valence-electron chi connectivity index (χ2n) is 8.60. The average molecular weight is 287 g/mol. The topological polar surface area (TPSA) is 12.0 Å². The predicted molar refractivity (Wildman–Crippen MR) is 92.8 cm³/mol. The van der Waals surface area contributed by atoms with E-state index in [0.717, 1.165) is 12.5 Å². The smallest absolute Gasteiger partial charge is 0.00967 e. The van der Waals surface area contributed by atoms with Crippen LogP contribution in [0, 0.1) is 11.3 Å². The van der Waals surface area contributed by atoms with Gasteiger partial charge < -0.3 is 5.32 Å². The van der Waals surface area contributed by atoms with Crippen molar-refractivity contribution in [2.24, 2.45) is 11.3 Å². The van der Waals surface area contributed by atoms with Crippen molar-refractivity contribution >= 4 is 0 Å². The standard InChI is InChI=1S/C20H33N/c1-15(2)17-9-7-16(8-10-17)13-20(6,18-11-12-18)14-21-19(3,4)5/h7-10,15,18,21H,11-14H2,1-6H3. The van der Waals surface area contributed by atoms with Gasteiger partial charge in [-0.1, -0.05) is 45.0 Å². The van der Waals surface area contributed by atoms with Crippen LogP contribution in [0.3, 0.4) is 0 Å². The lowest BCUT2D eigenvalue weighted by Crippen LogP contribution is -2.44. The van der Waals surface area contributed by atoms with Crippen molar-refractivity contribution in [2.45, 2.75) is 72.3 Å². The molecule has 0 bridgehead atoms. The molecule has 1 aromatic rings. The normalized spacial score (nSPS) is 18.8. The fourth-order valence-corrected chi connectivity index (χ4v) is 3.09. The van der Waals surface area contributed by atoms with Crippen molar-refractivity contribution in [3.05, 3.63) is 35.4 Å². The molecule has 0 aromatic heterocycles. The number of nitrogens with one attached hydrogen (secondary N) is 1. The van der Waals surface area contributed by atoms with E-state index < -0.39 is 0 Å². The lowest BCUT2D eigenvalue weighted by molar-refractivity contribution is 0.227. The maximum Gasteiger partial charge on any atom is 0.00967 e. The van der Waals surface area contributed by atoms with Crippen molar-refractivity contribution in [2.75, 3.05) is 6.54 Å². The van der Waals surface area contributed by atoms with E-state index in [1.165, 1.54) is 30.4 Å². The molecule has 0 amide bonds. The molecule has 1 N–H and O–H groups in total. The van der Waals surface area contributed by atoms with Gasteiger partial charge in [0.25, 0.3) is 0 Å². The molecule has 0 aliphatic heterocycles.